The van der Waals surface area contributed by atoms with Gasteiger partial charge in [0.15, 0.2) is 40.8 Å². The molecule has 0 atom stereocenters. The summed E-state index contributed by atoms with van der Waals surface area (Å²) in [5, 5.41) is 79.6. The number of amides is 1. The number of halogens is 1. The highest BCUT2D eigenvalue weighted by molar-refractivity contribution is 7.99. The maximum absolute atomic E-state index is 13.2. The molecule has 0 bridgehead atoms. The van der Waals surface area contributed by atoms with Crippen LogP contribution < -0.4 is 52.5 Å². The standard InChI is InChI=1S/C18H17N5O3S.C16H17N5O.C10H12N4O2.C10H8N4S.C9H10N4O.C8H7FN4.C8H6N6O4/c1-11-6-7-15(12(2)8-11)19-16(24)10-27-18-20-17(21-22-18)13-4-3-5-14(9-13)23(25)26;1-10-8-11(2)19-16(18-10)21-15-17-9-13(20-15)12-6-4-5-7-14(12)22-3;1-15-7-3-6(4-8(5-7)16-2)9-12-10(11)14-13-9;1-3-7(11-5-1)9-12-10(14-13-9)8-4-2-6-15-8;1-14-7-5-3-2-4-6(7)8-11-9(10)13-12-8;9-6-4-2-1-3-5(6)7-11-8(10)13-12-7;9-8-10-7(11-12-8)5-2-1-4(13(15)16)3-6(5)14(17)18/h3-9H,10H2,1-2H3,(H,19,24)(H,20,21,22);4-8H,9H2,1-3H3,(H,17,18,19,21);3-5H,1-2H3,(H3,11,12,13,14);1-6,11H,(H,12,13,14);2-5H,1H3,(H3,10,11,12,13);1-4H,(H3,10,11,12,13);1-3H,(H3,9,10,11,12). The highest BCUT2D eigenvalue weighted by Crippen LogP contribution is 2.34. The molecule has 46 heteroatoms. The molecule has 0 radical (unpaired) electrons. The van der Waals surface area contributed by atoms with E-state index in [4.69, 9.17) is 41.9 Å². The number of nitrogens with one attached hydrogen (secondary N) is 9. The number of guanidine groups is 1. The molecule has 638 valence electrons. The molecule has 17 rings (SSSR count). The number of H-pyrrole nitrogens is 7. The second-order valence-corrected chi connectivity index (χ2v) is 27.6. The van der Waals surface area contributed by atoms with Crippen LogP contribution in [0.3, 0.4) is 0 Å². The van der Waals surface area contributed by atoms with Gasteiger partial charge in [-0.3, -0.25) is 71.0 Å². The fourth-order valence-corrected chi connectivity index (χ4v) is 12.5. The molecule has 0 aliphatic carbocycles. The number of benzene rings is 7. The summed E-state index contributed by atoms with van der Waals surface area (Å²) in [6, 6.07) is 52.0. The summed E-state index contributed by atoms with van der Waals surface area (Å²) in [5.41, 5.74) is 30.7. The van der Waals surface area contributed by atoms with Crippen molar-refractivity contribution >= 4 is 93.2 Å². The van der Waals surface area contributed by atoms with Crippen LogP contribution in [-0.2, 0) is 4.79 Å². The average molecular weight is 1730 g/mol. The number of aliphatic imine (C=N–C) groups is 2. The Bertz CT molecular complexity index is 6330. The number of nitro benzene ring substituents is 3. The number of rotatable bonds is 20. The zero-order chi connectivity index (χ0) is 89.1. The van der Waals surface area contributed by atoms with E-state index in [9.17, 15) is 39.5 Å². The Morgan fingerprint density at radius 3 is 1.65 bits per heavy atom. The van der Waals surface area contributed by atoms with Crippen molar-refractivity contribution in [2.75, 3.05) is 74.3 Å². The number of hydrogen-bond donors (Lipinski definition) is 13. The van der Waals surface area contributed by atoms with Crippen molar-refractivity contribution in [3.05, 3.63) is 258 Å². The lowest BCUT2D eigenvalue weighted by molar-refractivity contribution is -0.393. The first-order valence-electron chi connectivity index (χ1n) is 36.7. The van der Waals surface area contributed by atoms with E-state index in [-0.39, 0.29) is 64.0 Å². The minimum absolute atomic E-state index is 0.0223. The molecule has 0 saturated heterocycles. The van der Waals surface area contributed by atoms with Crippen LogP contribution in [0.4, 0.5) is 56.9 Å². The molecule has 1 aliphatic heterocycles. The van der Waals surface area contributed by atoms with Gasteiger partial charge < -0.3 is 52.2 Å². The summed E-state index contributed by atoms with van der Waals surface area (Å²) in [4.78, 5) is 88.6. The molecule has 7 aromatic carbocycles. The fraction of sp³-hybridized carbons (Fsp3) is 0.127. The number of nitrogens with two attached hydrogens (primary N) is 4. The summed E-state index contributed by atoms with van der Waals surface area (Å²) < 4.78 is 34.0. The fourth-order valence-electron chi connectivity index (χ4n) is 11.2. The number of nitrogens with zero attached hydrogens (tertiary/aromatic N) is 19. The summed E-state index contributed by atoms with van der Waals surface area (Å²) in [7, 11) is 6.44. The van der Waals surface area contributed by atoms with Crippen molar-refractivity contribution in [3.8, 4) is 102 Å². The Morgan fingerprint density at radius 2 is 1.08 bits per heavy atom. The van der Waals surface area contributed by atoms with Gasteiger partial charge in [0.05, 0.1) is 94.5 Å². The second kappa shape index (κ2) is 42.5. The highest BCUT2D eigenvalue weighted by Gasteiger charge is 2.24. The number of anilines is 6. The van der Waals surface area contributed by atoms with Gasteiger partial charge in [-0.1, -0.05) is 84.1 Å². The minimum atomic E-state index is -0.735. The number of nitrogen functional groups attached to an aromatic ring is 4. The first-order valence-corrected chi connectivity index (χ1v) is 38.6. The van der Waals surface area contributed by atoms with E-state index in [0.29, 0.717) is 75.4 Å². The van der Waals surface area contributed by atoms with Crippen LogP contribution in [0.15, 0.2) is 209 Å². The predicted molar refractivity (Wildman–Crippen MR) is 468 cm³/mol. The number of ether oxygens (including phenoxy) is 4. The molecular weight excluding hydrogens is 1660 g/mol. The van der Waals surface area contributed by atoms with Gasteiger partial charge in [-0.15, -0.1) is 36.8 Å². The van der Waals surface area contributed by atoms with Crippen LogP contribution in [0.5, 0.6) is 23.0 Å². The monoisotopic (exact) mass is 1730 g/mol. The zero-order valence-electron chi connectivity index (χ0n) is 67.4. The van der Waals surface area contributed by atoms with Crippen LogP contribution in [0.2, 0.25) is 0 Å². The van der Waals surface area contributed by atoms with Crippen LogP contribution in [0.1, 0.15) is 28.1 Å². The smallest absolute Gasteiger partial charge is 0.287 e. The maximum Gasteiger partial charge on any atom is 0.287 e. The van der Waals surface area contributed by atoms with Gasteiger partial charge in [0.2, 0.25) is 46.8 Å². The van der Waals surface area contributed by atoms with Crippen molar-refractivity contribution in [3.63, 3.8) is 0 Å². The minimum Gasteiger partial charge on any atom is -0.497 e. The van der Waals surface area contributed by atoms with Gasteiger partial charge in [-0.25, -0.2) is 34.3 Å². The number of aromatic nitrogens is 21. The van der Waals surface area contributed by atoms with E-state index >= 15 is 0 Å². The lowest BCUT2D eigenvalue weighted by atomic mass is 10.1. The first-order chi connectivity index (χ1) is 60.3. The molecule has 17 N–H and O–H groups in total. The van der Waals surface area contributed by atoms with Gasteiger partial charge in [-0.2, -0.15) is 25.0 Å². The second-order valence-electron chi connectivity index (χ2n) is 25.7. The van der Waals surface area contributed by atoms with Crippen LogP contribution in [0, 0.1) is 63.9 Å². The number of carbonyl (C=O) groups excluding carboxylic acids is 1. The Balaban J connectivity index is 0.000000144. The maximum atomic E-state index is 13.2. The molecule has 125 heavy (non-hydrogen) atoms. The zero-order valence-corrected chi connectivity index (χ0v) is 69.0. The molecule has 43 nitrogen and oxygen atoms in total. The number of methoxy groups -OCH3 is 4. The van der Waals surface area contributed by atoms with E-state index in [0.717, 1.165) is 90.6 Å². The SMILES string of the molecule is COc1cc(OC)cc(-c2nc(N)n[nH]2)c1.COc1ccccc1-c1nc(N)n[nH]1.COc1ccccc1C1=NC(Nc2nc(C)cc(C)n2)=NC1.Cc1ccc(NC(=O)CSc2n[nH]c(-c3cccc([N+](=O)[O-])c3)n2)c(C)c1.Nc1n[nH]c(-c2ccc([N+](=O)[O-])cc2[N+](=O)[O-])n1.Nc1n[nH]c(-c2ccccc2F)n1.c1c[nH]c(-c2n[nH]c(-c3cccs3)n2)c1. The van der Waals surface area contributed by atoms with E-state index in [1.165, 1.54) is 36.0 Å². The van der Waals surface area contributed by atoms with Gasteiger partial charge in [0.1, 0.15) is 28.8 Å². The van der Waals surface area contributed by atoms with E-state index in [1.807, 2.05) is 148 Å². The van der Waals surface area contributed by atoms with Gasteiger partial charge in [-0.05, 0) is 124 Å². The molecule has 9 aromatic heterocycles. The Hall–Kier alpha value is -17.1. The van der Waals surface area contributed by atoms with E-state index in [2.05, 4.69) is 127 Å². The summed E-state index contributed by atoms with van der Waals surface area (Å²) in [6.07, 6.45) is 1.86. The molecular formula is C79H77FN32O11S2. The Labute approximate surface area is 715 Å². The number of thiophene rings is 1. The molecule has 0 saturated carbocycles. The van der Waals surface area contributed by atoms with Crippen molar-refractivity contribution in [2.24, 2.45) is 9.98 Å². The third kappa shape index (κ3) is 24.8. The van der Waals surface area contributed by atoms with Gasteiger partial charge in [0.25, 0.3) is 17.1 Å². The first kappa shape index (κ1) is 88.7. The molecule has 0 unspecified atom stereocenters. The van der Waals surface area contributed by atoms with Crippen molar-refractivity contribution in [2.45, 2.75) is 32.9 Å². The lowest BCUT2D eigenvalue weighted by Crippen LogP contribution is -2.15. The average Bonchev–Trinajstić information content (AvgIpc) is 1.79. The molecule has 0 fully saturated rings. The van der Waals surface area contributed by atoms with Gasteiger partial charge >= 0.3 is 0 Å². The number of hydrogen-bond acceptors (Lipinski definition) is 34. The number of thioether (sulfide) groups is 1. The lowest BCUT2D eigenvalue weighted by Gasteiger charge is -2.08. The molecule has 1 amide bonds. The van der Waals surface area contributed by atoms with Gasteiger partial charge in [0, 0.05) is 64.2 Å². The van der Waals surface area contributed by atoms with E-state index in [1.54, 1.807) is 76.2 Å². The quantitative estimate of drug-likeness (QED) is 0.0191. The number of para-hydroxylation sites is 2. The molecule has 16 aromatic rings. The van der Waals surface area contributed by atoms with E-state index < -0.39 is 20.5 Å². The van der Waals surface area contributed by atoms with Crippen LogP contribution in [-0.4, -0.2) is 179 Å². The summed E-state index contributed by atoms with van der Waals surface area (Å²) in [5.74, 6) is 7.59. The predicted octanol–water partition coefficient (Wildman–Crippen LogP) is 12.8. The summed E-state index contributed by atoms with van der Waals surface area (Å²) >= 11 is 2.83. The van der Waals surface area contributed by atoms with Crippen molar-refractivity contribution < 1.29 is 42.9 Å². The number of aromatic amines is 7. The molecule has 10 heterocycles. The molecule has 0 spiro atoms. The van der Waals surface area contributed by atoms with Crippen LogP contribution in [0.25, 0.3) is 79.2 Å². The number of nitro groups is 3. The summed E-state index contributed by atoms with van der Waals surface area (Å²) in [6.45, 7) is 8.31. The third-order valence-electron chi connectivity index (χ3n) is 16.9. The molecule has 1 aliphatic rings. The number of aryl methyl sites for hydroxylation is 4. The van der Waals surface area contributed by atoms with Crippen LogP contribution >= 0.6 is 23.1 Å². The van der Waals surface area contributed by atoms with Crippen molar-refractivity contribution in [1.82, 2.24) is 106 Å². The normalized spacial score (nSPS) is 10.9. The topological polar surface area (TPSA) is 627 Å². The number of carbonyl (C=O) groups is 1. The highest BCUT2D eigenvalue weighted by atomic mass is 32.2. The number of non-ortho nitro benzene ring substituents is 2. The Morgan fingerprint density at radius 1 is 0.512 bits per heavy atom. The third-order valence-corrected chi connectivity index (χ3v) is 18.6. The Kier molecular flexibility index (Phi) is 30.2. The largest absolute Gasteiger partial charge is 0.497 e. The van der Waals surface area contributed by atoms with Crippen molar-refractivity contribution in [1.29, 1.82) is 0 Å².